The van der Waals surface area contributed by atoms with Crippen LogP contribution in [0.4, 0.5) is 14.5 Å². The van der Waals surface area contributed by atoms with Crippen LogP contribution in [0, 0.1) is 17.6 Å². The molecule has 2 unspecified atom stereocenters. The van der Waals surface area contributed by atoms with E-state index in [-0.39, 0.29) is 11.7 Å². The molecular weight excluding hydrogens is 210 g/mol. The molecule has 2 nitrogen and oxygen atoms in total. The van der Waals surface area contributed by atoms with Crippen LogP contribution >= 0.6 is 0 Å². The van der Waals surface area contributed by atoms with Gasteiger partial charge >= 0.3 is 0 Å². The summed E-state index contributed by atoms with van der Waals surface area (Å²) in [5.41, 5.74) is 5.88. The third-order valence-corrected chi connectivity index (χ3v) is 3.23. The summed E-state index contributed by atoms with van der Waals surface area (Å²) in [5, 5.41) is 3.06. The Balaban J connectivity index is 2.11. The van der Waals surface area contributed by atoms with Crippen molar-refractivity contribution in [1.82, 2.24) is 0 Å². The lowest BCUT2D eigenvalue weighted by atomic mass is 10.0. The van der Waals surface area contributed by atoms with Crippen LogP contribution in [0.5, 0.6) is 0 Å². The van der Waals surface area contributed by atoms with Crippen molar-refractivity contribution in [2.75, 3.05) is 11.9 Å². The molecule has 0 bridgehead atoms. The predicted octanol–water partition coefficient (Wildman–Crippen LogP) is 2.50. The van der Waals surface area contributed by atoms with Gasteiger partial charge in [0.15, 0.2) is 0 Å². The zero-order valence-electron chi connectivity index (χ0n) is 9.05. The Morgan fingerprint density at radius 3 is 2.88 bits per heavy atom. The molecule has 3 N–H and O–H groups in total. The number of nitrogens with one attached hydrogen (secondary N) is 1. The second-order valence-electron chi connectivity index (χ2n) is 4.30. The molecule has 0 aromatic heterocycles. The summed E-state index contributed by atoms with van der Waals surface area (Å²) >= 11 is 0. The normalized spacial score (nSPS) is 24.7. The van der Waals surface area contributed by atoms with Crippen LogP contribution in [0.15, 0.2) is 18.2 Å². The zero-order valence-corrected chi connectivity index (χ0v) is 9.05. The highest BCUT2D eigenvalue weighted by Gasteiger charge is 2.26. The van der Waals surface area contributed by atoms with Gasteiger partial charge < -0.3 is 11.1 Å². The van der Waals surface area contributed by atoms with E-state index in [2.05, 4.69) is 5.32 Å². The lowest BCUT2D eigenvalue weighted by Crippen LogP contribution is -2.29. The SMILES string of the molecule is NCC1CCCC1Nc1cc(F)ccc1F. The molecule has 1 aliphatic rings. The van der Waals surface area contributed by atoms with Crippen LogP contribution < -0.4 is 11.1 Å². The maximum absolute atomic E-state index is 13.4. The molecule has 1 fully saturated rings. The van der Waals surface area contributed by atoms with Crippen LogP contribution in [0.1, 0.15) is 19.3 Å². The topological polar surface area (TPSA) is 38.0 Å². The molecule has 16 heavy (non-hydrogen) atoms. The Hall–Kier alpha value is -1.16. The number of benzene rings is 1. The van der Waals surface area contributed by atoms with Crippen molar-refractivity contribution in [2.24, 2.45) is 11.7 Å². The minimum absolute atomic E-state index is 0.168. The Morgan fingerprint density at radius 1 is 1.31 bits per heavy atom. The van der Waals surface area contributed by atoms with E-state index >= 15 is 0 Å². The molecule has 4 heteroatoms. The first-order valence-electron chi connectivity index (χ1n) is 5.62. The summed E-state index contributed by atoms with van der Waals surface area (Å²) in [6.07, 6.45) is 3.12. The summed E-state index contributed by atoms with van der Waals surface area (Å²) in [7, 11) is 0. The first-order valence-corrected chi connectivity index (χ1v) is 5.62. The molecule has 0 amide bonds. The number of rotatable bonds is 3. The van der Waals surface area contributed by atoms with E-state index in [1.54, 1.807) is 0 Å². The highest BCUT2D eigenvalue weighted by atomic mass is 19.1. The van der Waals surface area contributed by atoms with Crippen LogP contribution in [0.25, 0.3) is 0 Å². The molecule has 0 spiro atoms. The van der Waals surface area contributed by atoms with Gasteiger partial charge in [0.05, 0.1) is 5.69 Å². The standard InChI is InChI=1S/C12H16F2N2/c13-9-4-5-10(14)12(6-9)16-11-3-1-2-8(11)7-15/h4-6,8,11,16H,1-3,7,15H2. The molecule has 1 aliphatic carbocycles. The van der Waals surface area contributed by atoms with Crippen molar-refractivity contribution in [3.63, 3.8) is 0 Å². The minimum atomic E-state index is -0.425. The molecule has 0 radical (unpaired) electrons. The first-order chi connectivity index (χ1) is 7.70. The van der Waals surface area contributed by atoms with Gasteiger partial charge in [-0.05, 0) is 43.5 Å². The third kappa shape index (κ3) is 2.32. The molecule has 1 saturated carbocycles. The van der Waals surface area contributed by atoms with Crippen LogP contribution in [0.2, 0.25) is 0 Å². The van der Waals surface area contributed by atoms with Crippen molar-refractivity contribution >= 4 is 5.69 Å². The maximum atomic E-state index is 13.4. The summed E-state index contributed by atoms with van der Waals surface area (Å²) < 4.78 is 26.4. The Morgan fingerprint density at radius 2 is 2.12 bits per heavy atom. The Labute approximate surface area is 93.8 Å². The molecule has 88 valence electrons. The molecule has 2 rings (SSSR count). The monoisotopic (exact) mass is 226 g/mol. The summed E-state index contributed by atoms with van der Waals surface area (Å²) in [6, 6.07) is 3.63. The van der Waals surface area contributed by atoms with Crippen molar-refractivity contribution < 1.29 is 8.78 Å². The van der Waals surface area contributed by atoms with Gasteiger partial charge in [-0.3, -0.25) is 0 Å². The van der Waals surface area contributed by atoms with Crippen LogP contribution in [0.3, 0.4) is 0 Å². The average Bonchev–Trinajstić information content (AvgIpc) is 2.71. The van der Waals surface area contributed by atoms with Gasteiger partial charge in [-0.15, -0.1) is 0 Å². The highest BCUT2D eigenvalue weighted by Crippen LogP contribution is 2.28. The van der Waals surface area contributed by atoms with Gasteiger partial charge in [0, 0.05) is 6.04 Å². The van der Waals surface area contributed by atoms with Crippen molar-refractivity contribution in [2.45, 2.75) is 25.3 Å². The van der Waals surface area contributed by atoms with Gasteiger partial charge in [0.25, 0.3) is 0 Å². The van der Waals surface area contributed by atoms with E-state index in [0.717, 1.165) is 31.4 Å². The molecule has 0 heterocycles. The fourth-order valence-corrected chi connectivity index (χ4v) is 2.32. The van der Waals surface area contributed by atoms with Crippen LogP contribution in [-0.2, 0) is 0 Å². The quantitative estimate of drug-likeness (QED) is 0.831. The average molecular weight is 226 g/mol. The zero-order chi connectivity index (χ0) is 11.5. The number of nitrogens with two attached hydrogens (primary N) is 1. The molecular formula is C12H16F2N2. The highest BCUT2D eigenvalue weighted by molar-refractivity contribution is 5.46. The lowest BCUT2D eigenvalue weighted by molar-refractivity contribution is 0.512. The Bertz CT molecular complexity index is 368. The number of halogens is 2. The van der Waals surface area contributed by atoms with Gasteiger partial charge in [-0.25, -0.2) is 8.78 Å². The molecule has 0 saturated heterocycles. The molecule has 1 aromatic carbocycles. The summed E-state index contributed by atoms with van der Waals surface area (Å²) in [6.45, 7) is 0.592. The van der Waals surface area contributed by atoms with E-state index in [1.807, 2.05) is 0 Å². The number of hydrogen-bond donors (Lipinski definition) is 2. The fourth-order valence-electron chi connectivity index (χ4n) is 2.32. The first kappa shape index (κ1) is 11.3. The third-order valence-electron chi connectivity index (χ3n) is 3.23. The second-order valence-corrected chi connectivity index (χ2v) is 4.30. The fraction of sp³-hybridized carbons (Fsp3) is 0.500. The van der Waals surface area contributed by atoms with Gasteiger partial charge in [-0.1, -0.05) is 6.42 Å². The van der Waals surface area contributed by atoms with Gasteiger partial charge in [0.1, 0.15) is 11.6 Å². The van der Waals surface area contributed by atoms with Gasteiger partial charge in [-0.2, -0.15) is 0 Å². The maximum Gasteiger partial charge on any atom is 0.146 e. The second kappa shape index (κ2) is 4.78. The van der Waals surface area contributed by atoms with Crippen LogP contribution in [-0.4, -0.2) is 12.6 Å². The van der Waals surface area contributed by atoms with E-state index in [4.69, 9.17) is 5.73 Å². The summed E-state index contributed by atoms with van der Waals surface area (Å²) in [5.74, 6) is -0.474. The summed E-state index contributed by atoms with van der Waals surface area (Å²) in [4.78, 5) is 0. The molecule has 2 atom stereocenters. The van der Waals surface area contributed by atoms with Crippen molar-refractivity contribution in [3.05, 3.63) is 29.8 Å². The van der Waals surface area contributed by atoms with E-state index in [0.29, 0.717) is 12.5 Å². The smallest absolute Gasteiger partial charge is 0.146 e. The largest absolute Gasteiger partial charge is 0.380 e. The molecule has 1 aromatic rings. The number of hydrogen-bond acceptors (Lipinski definition) is 2. The molecule has 0 aliphatic heterocycles. The predicted molar refractivity (Wildman–Crippen MR) is 60.2 cm³/mol. The van der Waals surface area contributed by atoms with Crippen molar-refractivity contribution in [3.8, 4) is 0 Å². The Kier molecular flexibility index (Phi) is 3.39. The van der Waals surface area contributed by atoms with E-state index < -0.39 is 11.6 Å². The van der Waals surface area contributed by atoms with E-state index in [9.17, 15) is 8.78 Å². The van der Waals surface area contributed by atoms with Gasteiger partial charge in [0.2, 0.25) is 0 Å². The van der Waals surface area contributed by atoms with Crippen molar-refractivity contribution in [1.29, 1.82) is 0 Å². The number of anilines is 1. The minimum Gasteiger partial charge on any atom is -0.380 e. The van der Waals surface area contributed by atoms with E-state index in [1.165, 1.54) is 6.07 Å². The lowest BCUT2D eigenvalue weighted by Gasteiger charge is -2.21.